The summed E-state index contributed by atoms with van der Waals surface area (Å²) in [5.41, 5.74) is 3.63. The Balaban J connectivity index is 2.13. The first-order valence-electron chi connectivity index (χ1n) is 7.65. The number of urea groups is 1. The van der Waals surface area contributed by atoms with E-state index in [0.29, 0.717) is 6.42 Å². The summed E-state index contributed by atoms with van der Waals surface area (Å²) in [6, 6.07) is 7.51. The third-order valence-corrected chi connectivity index (χ3v) is 4.54. The molecule has 0 radical (unpaired) electrons. The van der Waals surface area contributed by atoms with E-state index in [-0.39, 0.29) is 23.3 Å². The maximum Gasteiger partial charge on any atom is 0.322 e. The van der Waals surface area contributed by atoms with Crippen molar-refractivity contribution in [3.8, 4) is 0 Å². The van der Waals surface area contributed by atoms with Crippen LogP contribution in [0.25, 0.3) is 0 Å². The molecule has 2 amide bonds. The molecule has 0 bridgehead atoms. The van der Waals surface area contributed by atoms with Crippen molar-refractivity contribution in [3.05, 3.63) is 46.7 Å². The van der Waals surface area contributed by atoms with Crippen LogP contribution in [-0.2, 0) is 4.79 Å². The number of carbonyl (C=O) groups excluding carboxylic acids is 2. The van der Waals surface area contributed by atoms with E-state index in [1.807, 2.05) is 31.2 Å². The summed E-state index contributed by atoms with van der Waals surface area (Å²) in [4.78, 5) is 26.6. The molecule has 22 heavy (non-hydrogen) atoms. The highest BCUT2D eigenvalue weighted by atomic mass is 16.2. The minimum atomic E-state index is -0.331. The Morgan fingerprint density at radius 1 is 1.23 bits per heavy atom. The van der Waals surface area contributed by atoms with Crippen LogP contribution in [0.15, 0.2) is 35.5 Å². The van der Waals surface area contributed by atoms with E-state index in [2.05, 4.69) is 19.2 Å². The molecule has 0 fully saturated rings. The standard InChI is InChI=1S/C18H22N2O2/c1-11-6-5-7-12(8-11)16-15-13(20(4)17(22)19-16)9-18(2,3)10-14(15)21/h5-8,16H,9-10H2,1-4H3,(H,19,22). The zero-order chi connectivity index (χ0) is 16.1. The normalized spacial score (nSPS) is 24.2. The predicted octanol–water partition coefficient (Wildman–Crippen LogP) is 3.33. The highest BCUT2D eigenvalue weighted by Crippen LogP contribution is 2.43. The van der Waals surface area contributed by atoms with Gasteiger partial charge in [-0.25, -0.2) is 4.79 Å². The first kappa shape index (κ1) is 14.8. The van der Waals surface area contributed by atoms with Gasteiger partial charge in [0.15, 0.2) is 5.78 Å². The van der Waals surface area contributed by atoms with Gasteiger partial charge >= 0.3 is 6.03 Å². The van der Waals surface area contributed by atoms with Gasteiger partial charge in [-0.1, -0.05) is 43.7 Å². The molecule has 0 spiro atoms. The van der Waals surface area contributed by atoms with E-state index in [1.165, 1.54) is 0 Å². The number of nitrogens with one attached hydrogen (secondary N) is 1. The number of hydrogen-bond acceptors (Lipinski definition) is 2. The summed E-state index contributed by atoms with van der Waals surface area (Å²) in [6.07, 6.45) is 1.28. The van der Waals surface area contributed by atoms with Crippen LogP contribution in [0.1, 0.15) is 43.9 Å². The van der Waals surface area contributed by atoms with Crippen LogP contribution in [0.3, 0.4) is 0 Å². The van der Waals surface area contributed by atoms with Gasteiger partial charge in [0, 0.05) is 24.7 Å². The summed E-state index contributed by atoms with van der Waals surface area (Å²) in [6.45, 7) is 6.18. The van der Waals surface area contributed by atoms with Crippen molar-refractivity contribution in [1.29, 1.82) is 0 Å². The van der Waals surface area contributed by atoms with E-state index in [1.54, 1.807) is 11.9 Å². The lowest BCUT2D eigenvalue weighted by Gasteiger charge is -2.42. The van der Waals surface area contributed by atoms with Crippen molar-refractivity contribution >= 4 is 11.8 Å². The van der Waals surface area contributed by atoms with Crippen molar-refractivity contribution in [1.82, 2.24) is 10.2 Å². The number of amides is 2. The lowest BCUT2D eigenvalue weighted by atomic mass is 9.72. The van der Waals surface area contributed by atoms with Crippen LogP contribution in [0.2, 0.25) is 0 Å². The van der Waals surface area contributed by atoms with Gasteiger partial charge in [-0.3, -0.25) is 4.79 Å². The van der Waals surface area contributed by atoms with Gasteiger partial charge in [0.25, 0.3) is 0 Å². The minimum absolute atomic E-state index is 0.0983. The highest BCUT2D eigenvalue weighted by Gasteiger charge is 2.42. The molecule has 2 aliphatic rings. The molecular formula is C18H22N2O2. The predicted molar refractivity (Wildman–Crippen MR) is 85.3 cm³/mol. The molecule has 1 aliphatic heterocycles. The van der Waals surface area contributed by atoms with Crippen LogP contribution in [0.5, 0.6) is 0 Å². The molecule has 1 aromatic rings. The molecule has 116 valence electrons. The topological polar surface area (TPSA) is 49.4 Å². The molecular weight excluding hydrogens is 276 g/mol. The molecule has 1 unspecified atom stereocenters. The quantitative estimate of drug-likeness (QED) is 0.864. The number of allylic oxidation sites excluding steroid dienone is 1. The first-order chi connectivity index (χ1) is 10.3. The third-order valence-electron chi connectivity index (χ3n) is 4.54. The number of hydrogen-bond donors (Lipinski definition) is 1. The lowest BCUT2D eigenvalue weighted by Crippen LogP contribution is -2.49. The fourth-order valence-electron chi connectivity index (χ4n) is 3.44. The van der Waals surface area contributed by atoms with Crippen LogP contribution in [-0.4, -0.2) is 23.8 Å². The number of ketones is 1. The Kier molecular flexibility index (Phi) is 3.35. The average Bonchev–Trinajstić information content (AvgIpc) is 2.42. The van der Waals surface area contributed by atoms with E-state index in [0.717, 1.165) is 28.8 Å². The van der Waals surface area contributed by atoms with Crippen LogP contribution >= 0.6 is 0 Å². The Labute approximate surface area is 131 Å². The Morgan fingerprint density at radius 2 is 1.95 bits per heavy atom. The molecule has 0 aromatic heterocycles. The van der Waals surface area contributed by atoms with E-state index in [4.69, 9.17) is 0 Å². The molecule has 0 saturated carbocycles. The van der Waals surface area contributed by atoms with Crippen LogP contribution < -0.4 is 5.32 Å². The number of nitrogens with zero attached hydrogens (tertiary/aromatic N) is 1. The highest BCUT2D eigenvalue weighted by molar-refractivity contribution is 6.01. The van der Waals surface area contributed by atoms with Gasteiger partial charge in [-0.2, -0.15) is 0 Å². The van der Waals surface area contributed by atoms with Crippen LogP contribution in [0.4, 0.5) is 4.79 Å². The molecule has 4 nitrogen and oxygen atoms in total. The monoisotopic (exact) mass is 298 g/mol. The fourth-order valence-corrected chi connectivity index (χ4v) is 3.44. The average molecular weight is 298 g/mol. The number of aryl methyl sites for hydroxylation is 1. The molecule has 4 heteroatoms. The third kappa shape index (κ3) is 2.43. The summed E-state index contributed by atoms with van der Waals surface area (Å²) in [5, 5.41) is 2.97. The zero-order valence-corrected chi connectivity index (χ0v) is 13.6. The molecule has 1 atom stereocenters. The molecule has 1 N–H and O–H groups in total. The number of rotatable bonds is 1. The maximum absolute atomic E-state index is 12.7. The van der Waals surface area contributed by atoms with Gasteiger partial charge < -0.3 is 10.2 Å². The van der Waals surface area contributed by atoms with E-state index < -0.39 is 0 Å². The second-order valence-electron chi connectivity index (χ2n) is 7.16. The Morgan fingerprint density at radius 3 is 2.64 bits per heavy atom. The zero-order valence-electron chi connectivity index (χ0n) is 13.6. The fraction of sp³-hybridized carbons (Fsp3) is 0.444. The van der Waals surface area contributed by atoms with Crippen molar-refractivity contribution in [3.63, 3.8) is 0 Å². The van der Waals surface area contributed by atoms with Crippen molar-refractivity contribution < 1.29 is 9.59 Å². The van der Waals surface area contributed by atoms with E-state index >= 15 is 0 Å². The minimum Gasteiger partial charge on any atom is -0.327 e. The number of Topliss-reactive ketones (excluding diaryl/α,β-unsaturated/α-hetero) is 1. The summed E-state index contributed by atoms with van der Waals surface area (Å²) < 4.78 is 0. The Bertz CT molecular complexity index is 688. The summed E-state index contributed by atoms with van der Waals surface area (Å²) >= 11 is 0. The van der Waals surface area contributed by atoms with Gasteiger partial charge in [0.1, 0.15) is 0 Å². The molecule has 0 saturated heterocycles. The van der Waals surface area contributed by atoms with E-state index in [9.17, 15) is 9.59 Å². The molecule has 1 heterocycles. The first-order valence-corrected chi connectivity index (χ1v) is 7.65. The second kappa shape index (κ2) is 4.97. The van der Waals surface area contributed by atoms with Gasteiger partial charge in [0.2, 0.25) is 0 Å². The van der Waals surface area contributed by atoms with Crippen molar-refractivity contribution in [2.24, 2.45) is 5.41 Å². The van der Waals surface area contributed by atoms with Gasteiger partial charge in [0.05, 0.1) is 6.04 Å². The van der Waals surface area contributed by atoms with Crippen molar-refractivity contribution in [2.75, 3.05) is 7.05 Å². The van der Waals surface area contributed by atoms with Gasteiger partial charge in [-0.15, -0.1) is 0 Å². The lowest BCUT2D eigenvalue weighted by molar-refractivity contribution is -0.118. The van der Waals surface area contributed by atoms with Crippen LogP contribution in [0, 0.1) is 12.3 Å². The molecule has 3 rings (SSSR count). The number of carbonyl (C=O) groups is 2. The molecule has 1 aliphatic carbocycles. The Hall–Kier alpha value is -2.10. The smallest absolute Gasteiger partial charge is 0.322 e. The second-order valence-corrected chi connectivity index (χ2v) is 7.16. The van der Waals surface area contributed by atoms with Crippen molar-refractivity contribution in [2.45, 2.75) is 39.7 Å². The molecule has 1 aromatic carbocycles. The summed E-state index contributed by atoms with van der Waals surface area (Å²) in [7, 11) is 1.74. The van der Waals surface area contributed by atoms with Gasteiger partial charge in [-0.05, 0) is 24.3 Å². The SMILES string of the molecule is Cc1cccc(C2NC(=O)N(C)C3=C2C(=O)CC(C)(C)C3)c1. The summed E-state index contributed by atoms with van der Waals surface area (Å²) in [5.74, 6) is 0.143. The number of benzene rings is 1. The maximum atomic E-state index is 12.7. The largest absolute Gasteiger partial charge is 0.327 e.